The minimum Gasteiger partial charge on any atom is -0.346 e. The number of rotatable bonds is 8. The molecular weight excluding hydrogens is 544 g/mol. The molecule has 0 unspecified atom stereocenters. The van der Waals surface area contributed by atoms with E-state index >= 15 is 0 Å². The van der Waals surface area contributed by atoms with E-state index in [0.29, 0.717) is 15.8 Å². The third-order valence-electron chi connectivity index (χ3n) is 6.43. The molecule has 1 aromatic carbocycles. The first kappa shape index (κ1) is 25.8. The highest BCUT2D eigenvalue weighted by atomic mass is 35.5. The maximum absolute atomic E-state index is 14.8. The smallest absolute Gasteiger partial charge is 0.293 e. The van der Waals surface area contributed by atoms with Gasteiger partial charge < -0.3 is 5.32 Å². The molecule has 37 heavy (non-hydrogen) atoms. The van der Waals surface area contributed by atoms with Crippen LogP contribution in [-0.2, 0) is 23.7 Å². The molecule has 2 aliphatic rings. The molecule has 2 aromatic heterocycles. The molecule has 0 aliphatic heterocycles. The van der Waals surface area contributed by atoms with Crippen molar-refractivity contribution in [1.82, 2.24) is 25.1 Å². The number of aromatic nitrogens is 4. The second kappa shape index (κ2) is 9.50. The molecule has 1 saturated carbocycles. The van der Waals surface area contributed by atoms with E-state index in [1.165, 1.54) is 18.0 Å². The van der Waals surface area contributed by atoms with Crippen LogP contribution in [0.1, 0.15) is 53.0 Å². The Morgan fingerprint density at radius 3 is 2.57 bits per heavy atom. The Kier molecular flexibility index (Phi) is 6.63. The van der Waals surface area contributed by atoms with E-state index in [0.717, 1.165) is 12.1 Å². The lowest BCUT2D eigenvalue weighted by Crippen LogP contribution is -2.35. The van der Waals surface area contributed by atoms with Crippen LogP contribution in [-0.4, -0.2) is 31.9 Å². The van der Waals surface area contributed by atoms with Crippen LogP contribution in [0.3, 0.4) is 0 Å². The molecule has 0 radical (unpaired) electrons. The van der Waals surface area contributed by atoms with E-state index in [-0.39, 0.29) is 34.8 Å². The van der Waals surface area contributed by atoms with E-state index in [4.69, 9.17) is 11.6 Å². The first-order valence-corrected chi connectivity index (χ1v) is 12.7. The Bertz CT molecular complexity index is 1370. The lowest BCUT2D eigenvalue weighted by molar-refractivity contribution is -0.123. The van der Waals surface area contributed by atoms with Gasteiger partial charge in [-0.25, -0.2) is 22.5 Å². The van der Waals surface area contributed by atoms with Gasteiger partial charge in [-0.2, -0.15) is 13.9 Å². The van der Waals surface area contributed by atoms with Crippen molar-refractivity contribution in [3.05, 3.63) is 69.4 Å². The molecule has 0 bridgehead atoms. The van der Waals surface area contributed by atoms with Gasteiger partial charge in [-0.1, -0.05) is 11.6 Å². The summed E-state index contributed by atoms with van der Waals surface area (Å²) in [5, 5.41) is 6.59. The number of amides is 1. The minimum absolute atomic E-state index is 0.0722. The van der Waals surface area contributed by atoms with Crippen molar-refractivity contribution < 1.29 is 31.1 Å². The number of carbonyl (C=O) groups excluding carboxylic acids is 1. The third-order valence-corrected chi connectivity index (χ3v) is 7.32. The van der Waals surface area contributed by atoms with Crippen LogP contribution in [0.4, 0.5) is 26.3 Å². The fourth-order valence-corrected chi connectivity index (χ4v) is 5.49. The summed E-state index contributed by atoms with van der Waals surface area (Å²) >= 11 is 7.52. The Morgan fingerprint density at radius 1 is 1.24 bits per heavy atom. The highest BCUT2D eigenvalue weighted by Crippen LogP contribution is 2.68. The zero-order valence-corrected chi connectivity index (χ0v) is 20.6. The van der Waals surface area contributed by atoms with Gasteiger partial charge in [0.05, 0.1) is 12.2 Å². The van der Waals surface area contributed by atoms with Gasteiger partial charge in [0.25, 0.3) is 12.3 Å². The Hall–Kier alpha value is -2.80. The number of halogens is 7. The van der Waals surface area contributed by atoms with Crippen molar-refractivity contribution in [3.63, 3.8) is 0 Å². The molecule has 1 amide bonds. The van der Waals surface area contributed by atoms with Gasteiger partial charge in [-0.15, -0.1) is 11.8 Å². The summed E-state index contributed by atoms with van der Waals surface area (Å²) in [5.74, 6) is -7.72. The van der Waals surface area contributed by atoms with Crippen LogP contribution in [0.5, 0.6) is 0 Å². The quantitative estimate of drug-likeness (QED) is 0.287. The number of nitrogens with zero attached hydrogens (tertiary/aromatic N) is 4. The average Bonchev–Trinajstić information content (AvgIpc) is 3.47. The second-order valence-corrected chi connectivity index (χ2v) is 10.1. The van der Waals surface area contributed by atoms with E-state index < -0.39 is 65.7 Å². The second-order valence-electron chi connectivity index (χ2n) is 8.87. The zero-order valence-electron chi connectivity index (χ0n) is 19.0. The van der Waals surface area contributed by atoms with E-state index in [1.807, 2.05) is 0 Å². The fourth-order valence-electron chi connectivity index (χ4n) is 4.83. The van der Waals surface area contributed by atoms with Gasteiger partial charge in [0.2, 0.25) is 5.91 Å². The van der Waals surface area contributed by atoms with Crippen LogP contribution >= 0.6 is 23.4 Å². The molecule has 3 atom stereocenters. The number of alkyl halides is 4. The first-order valence-electron chi connectivity index (χ1n) is 11.1. The lowest BCUT2D eigenvalue weighted by Gasteiger charge is -2.21. The zero-order chi connectivity index (χ0) is 26.6. The molecule has 0 saturated heterocycles. The Morgan fingerprint density at radius 2 is 1.95 bits per heavy atom. The molecule has 14 heteroatoms. The summed E-state index contributed by atoms with van der Waals surface area (Å²) in [6.45, 7) is -0.786. The number of hydrogen-bond donors (Lipinski definition) is 1. The molecular formula is C23H18ClF6N5OS. The predicted octanol–water partition coefficient (Wildman–Crippen LogP) is 5.57. The molecule has 1 fully saturated rings. The first-order chi connectivity index (χ1) is 17.5. The van der Waals surface area contributed by atoms with Gasteiger partial charge in [-0.05, 0) is 42.7 Å². The van der Waals surface area contributed by atoms with Gasteiger partial charge in [0, 0.05) is 17.5 Å². The molecule has 1 N–H and O–H groups in total. The van der Waals surface area contributed by atoms with Crippen molar-refractivity contribution in [3.8, 4) is 0 Å². The van der Waals surface area contributed by atoms with Crippen molar-refractivity contribution in [2.24, 2.45) is 5.92 Å². The standard InChI is InChI=1S/C23H18ClF6N5OS/c1-37-16-7-31-18(21(24)33-16)14(4-9-2-10(25)5-11(26)3-9)32-15(36)8-35-20-17(19(34-35)22(27)28)12-6-13(12)23(20,29)30/h2-3,5,7,12-14,22H,4,6,8H2,1H3,(H,32,36)/t12-,13+,14-/m0/s1. The van der Waals surface area contributed by atoms with E-state index in [2.05, 4.69) is 20.4 Å². The highest BCUT2D eigenvalue weighted by molar-refractivity contribution is 7.98. The van der Waals surface area contributed by atoms with Crippen LogP contribution < -0.4 is 5.32 Å². The molecule has 2 aliphatic carbocycles. The van der Waals surface area contributed by atoms with Crippen LogP contribution in [0.2, 0.25) is 5.15 Å². The fraction of sp³-hybridized carbons (Fsp3) is 0.391. The molecule has 2 heterocycles. The van der Waals surface area contributed by atoms with E-state index in [1.54, 1.807) is 6.26 Å². The summed E-state index contributed by atoms with van der Waals surface area (Å²) in [5.41, 5.74) is -1.39. The maximum Gasteiger partial charge on any atom is 0.293 e. The normalized spacial score (nSPS) is 20.0. The molecule has 0 spiro atoms. The maximum atomic E-state index is 14.8. The van der Waals surface area contributed by atoms with Gasteiger partial charge in [0.1, 0.15) is 40.3 Å². The highest BCUT2D eigenvalue weighted by Gasteiger charge is 2.67. The van der Waals surface area contributed by atoms with Crippen LogP contribution in [0, 0.1) is 17.6 Å². The summed E-state index contributed by atoms with van der Waals surface area (Å²) in [6.07, 6.45) is -0.0301. The predicted molar refractivity (Wildman–Crippen MR) is 122 cm³/mol. The number of nitrogens with one attached hydrogen (secondary N) is 1. The average molecular weight is 562 g/mol. The largest absolute Gasteiger partial charge is 0.346 e. The number of benzene rings is 1. The monoisotopic (exact) mass is 561 g/mol. The summed E-state index contributed by atoms with van der Waals surface area (Å²) < 4.78 is 84.9. The van der Waals surface area contributed by atoms with Crippen LogP contribution in [0.15, 0.2) is 29.4 Å². The van der Waals surface area contributed by atoms with Gasteiger partial charge >= 0.3 is 0 Å². The van der Waals surface area contributed by atoms with Crippen molar-refractivity contribution in [1.29, 1.82) is 0 Å². The van der Waals surface area contributed by atoms with Gasteiger partial charge in [-0.3, -0.25) is 14.5 Å². The van der Waals surface area contributed by atoms with Crippen molar-refractivity contribution in [2.45, 2.75) is 48.7 Å². The summed E-state index contributed by atoms with van der Waals surface area (Å²) in [4.78, 5) is 21.4. The number of fused-ring (bicyclic) bond motifs is 3. The van der Waals surface area contributed by atoms with E-state index in [9.17, 15) is 31.1 Å². The van der Waals surface area contributed by atoms with Gasteiger partial charge in [0.15, 0.2) is 5.15 Å². The summed E-state index contributed by atoms with van der Waals surface area (Å²) in [6, 6.07) is 1.72. The Labute approximate surface area is 215 Å². The molecule has 196 valence electrons. The van der Waals surface area contributed by atoms with Crippen molar-refractivity contribution >= 4 is 29.3 Å². The molecule has 6 nitrogen and oxygen atoms in total. The lowest BCUT2D eigenvalue weighted by atomic mass is 10.0. The molecule has 5 rings (SSSR count). The summed E-state index contributed by atoms with van der Waals surface area (Å²) in [7, 11) is 0. The Balaban J connectivity index is 1.45. The topological polar surface area (TPSA) is 72.7 Å². The van der Waals surface area contributed by atoms with Crippen molar-refractivity contribution in [2.75, 3.05) is 6.26 Å². The SMILES string of the molecule is CSc1cnc([C@H](Cc2cc(F)cc(F)c2)NC(=O)Cn2nc(C(F)F)c3c2C(F)(F)[C@@H]2C[C@H]32)c(Cl)n1. The minimum atomic E-state index is -3.39. The number of thioether (sulfide) groups is 1. The molecule has 3 aromatic rings. The van der Waals surface area contributed by atoms with Crippen LogP contribution in [0.25, 0.3) is 0 Å². The third kappa shape index (κ3) is 4.78. The number of carbonyl (C=O) groups is 1. The number of hydrogen-bond acceptors (Lipinski definition) is 5.